The molecule has 19 heavy (non-hydrogen) atoms. The van der Waals surface area contributed by atoms with E-state index in [4.69, 9.17) is 11.6 Å². The summed E-state index contributed by atoms with van der Waals surface area (Å²) in [5.74, 6) is 0. The number of rotatable bonds is 6. The first-order chi connectivity index (χ1) is 9.22. The summed E-state index contributed by atoms with van der Waals surface area (Å²) in [5.41, 5.74) is 0.199. The van der Waals surface area contributed by atoms with Crippen molar-refractivity contribution in [2.24, 2.45) is 0 Å². The van der Waals surface area contributed by atoms with Crippen LogP contribution < -0.4 is 10.9 Å². The summed E-state index contributed by atoms with van der Waals surface area (Å²) < 4.78 is 3.04. The van der Waals surface area contributed by atoms with Crippen molar-refractivity contribution in [3.63, 3.8) is 0 Å². The summed E-state index contributed by atoms with van der Waals surface area (Å²) in [4.78, 5) is 11.8. The summed E-state index contributed by atoms with van der Waals surface area (Å²) in [5, 5.41) is 11.3. The zero-order valence-corrected chi connectivity index (χ0v) is 11.0. The fourth-order valence-corrected chi connectivity index (χ4v) is 1.79. The molecule has 100 valence electrons. The van der Waals surface area contributed by atoms with Crippen LogP contribution in [0.2, 0.25) is 5.02 Å². The van der Waals surface area contributed by atoms with Crippen molar-refractivity contribution in [3.05, 3.63) is 52.7 Å². The molecule has 0 fully saturated rings. The van der Waals surface area contributed by atoms with Crippen LogP contribution >= 0.6 is 11.6 Å². The molecule has 1 N–H and O–H groups in total. The summed E-state index contributed by atoms with van der Waals surface area (Å²) in [6.07, 6.45) is 6.71. The molecule has 0 radical (unpaired) electrons. The molecule has 0 aromatic carbocycles. The van der Waals surface area contributed by atoms with Gasteiger partial charge in [-0.3, -0.25) is 9.48 Å². The monoisotopic (exact) mass is 279 g/mol. The highest BCUT2D eigenvalue weighted by atomic mass is 35.5. The van der Waals surface area contributed by atoms with Crippen molar-refractivity contribution < 1.29 is 0 Å². The third kappa shape index (κ3) is 3.23. The predicted molar refractivity (Wildman–Crippen MR) is 74.4 cm³/mol. The first-order valence-corrected chi connectivity index (χ1v) is 6.18. The fraction of sp³-hybridized carbons (Fsp3) is 0.250. The van der Waals surface area contributed by atoms with Gasteiger partial charge in [0.1, 0.15) is 5.02 Å². The molecular weight excluding hydrogens is 266 g/mol. The van der Waals surface area contributed by atoms with E-state index >= 15 is 0 Å². The molecule has 0 spiro atoms. The molecule has 0 unspecified atom stereocenters. The summed E-state index contributed by atoms with van der Waals surface area (Å²) in [7, 11) is 0. The molecule has 2 rings (SSSR count). The van der Waals surface area contributed by atoms with E-state index in [0.29, 0.717) is 25.3 Å². The van der Waals surface area contributed by atoms with E-state index in [2.05, 4.69) is 22.1 Å². The minimum atomic E-state index is -0.328. The largest absolute Gasteiger partial charge is 0.381 e. The lowest BCUT2D eigenvalue weighted by Crippen LogP contribution is -2.24. The Balaban J connectivity index is 2.02. The van der Waals surface area contributed by atoms with Crippen LogP contribution in [0.15, 0.2) is 42.1 Å². The third-order valence-corrected chi connectivity index (χ3v) is 2.87. The Bertz CT molecular complexity index is 605. The maximum absolute atomic E-state index is 11.8. The van der Waals surface area contributed by atoms with Crippen LogP contribution in [0.25, 0.3) is 0 Å². The number of hydrogen-bond acceptors (Lipinski definition) is 4. The van der Waals surface area contributed by atoms with E-state index in [1.807, 2.05) is 12.3 Å². The Labute approximate surface area is 115 Å². The van der Waals surface area contributed by atoms with Crippen LogP contribution in [0.3, 0.4) is 0 Å². The highest BCUT2D eigenvalue weighted by Gasteiger charge is 2.07. The minimum absolute atomic E-state index is 0.136. The van der Waals surface area contributed by atoms with Gasteiger partial charge in [-0.2, -0.15) is 10.2 Å². The molecule has 0 bridgehead atoms. The molecule has 2 heterocycles. The average molecular weight is 280 g/mol. The molecule has 7 heteroatoms. The molecule has 0 aliphatic carbocycles. The van der Waals surface area contributed by atoms with Crippen molar-refractivity contribution >= 4 is 17.3 Å². The smallest absolute Gasteiger partial charge is 0.287 e. The number of halogens is 1. The molecule has 2 aromatic rings. The van der Waals surface area contributed by atoms with Crippen LogP contribution in [0.4, 0.5) is 5.69 Å². The molecule has 2 aromatic heterocycles. The molecule has 6 nitrogen and oxygen atoms in total. The van der Waals surface area contributed by atoms with Gasteiger partial charge in [0.15, 0.2) is 0 Å². The van der Waals surface area contributed by atoms with Crippen LogP contribution in [0.5, 0.6) is 0 Å². The summed E-state index contributed by atoms with van der Waals surface area (Å²) in [6.45, 7) is 5.18. The van der Waals surface area contributed by atoms with Gasteiger partial charge < -0.3 is 5.32 Å². The molecule has 0 aliphatic rings. The van der Waals surface area contributed by atoms with Gasteiger partial charge >= 0.3 is 0 Å². The quantitative estimate of drug-likeness (QED) is 0.812. The van der Waals surface area contributed by atoms with Crippen LogP contribution in [-0.2, 0) is 13.1 Å². The van der Waals surface area contributed by atoms with Gasteiger partial charge in [-0.1, -0.05) is 17.7 Å². The van der Waals surface area contributed by atoms with Crippen molar-refractivity contribution in [1.82, 2.24) is 19.6 Å². The van der Waals surface area contributed by atoms with Crippen molar-refractivity contribution in [2.45, 2.75) is 13.1 Å². The lowest BCUT2D eigenvalue weighted by molar-refractivity contribution is 0.633. The Kier molecular flexibility index (Phi) is 4.35. The molecule has 0 aliphatic heterocycles. The normalized spacial score (nSPS) is 10.4. The van der Waals surface area contributed by atoms with Crippen LogP contribution in [0.1, 0.15) is 0 Å². The average Bonchev–Trinajstić information content (AvgIpc) is 2.91. The van der Waals surface area contributed by atoms with Crippen molar-refractivity contribution in [3.8, 4) is 0 Å². The summed E-state index contributed by atoms with van der Waals surface area (Å²) in [6, 6.07) is 1.85. The highest BCUT2D eigenvalue weighted by molar-refractivity contribution is 6.32. The first-order valence-electron chi connectivity index (χ1n) is 5.80. The number of anilines is 1. The van der Waals surface area contributed by atoms with Gasteiger partial charge in [-0.15, -0.1) is 6.58 Å². The number of hydrogen-bond donors (Lipinski definition) is 1. The Hall–Kier alpha value is -2.08. The molecular formula is C12H14ClN5O. The number of aromatic nitrogens is 4. The second-order valence-electron chi connectivity index (χ2n) is 3.84. The Morgan fingerprint density at radius 2 is 2.32 bits per heavy atom. The van der Waals surface area contributed by atoms with Gasteiger partial charge in [0.2, 0.25) is 0 Å². The molecule has 0 atom stereocenters. The number of allylic oxidation sites excluding steroid dienone is 1. The van der Waals surface area contributed by atoms with E-state index in [0.717, 1.165) is 0 Å². The van der Waals surface area contributed by atoms with E-state index in [1.165, 1.54) is 10.9 Å². The maximum Gasteiger partial charge on any atom is 0.287 e. The van der Waals surface area contributed by atoms with Gasteiger partial charge in [-0.05, 0) is 6.07 Å². The van der Waals surface area contributed by atoms with E-state index < -0.39 is 0 Å². The molecule has 0 saturated carbocycles. The maximum atomic E-state index is 11.8. The predicted octanol–water partition coefficient (Wildman–Crippen LogP) is 1.39. The zero-order chi connectivity index (χ0) is 13.7. The Morgan fingerprint density at radius 1 is 1.47 bits per heavy atom. The van der Waals surface area contributed by atoms with Crippen molar-refractivity contribution in [2.75, 3.05) is 11.9 Å². The van der Waals surface area contributed by atoms with Crippen LogP contribution in [0, 0.1) is 0 Å². The first kappa shape index (κ1) is 13.4. The minimum Gasteiger partial charge on any atom is -0.381 e. The van der Waals surface area contributed by atoms with E-state index in [-0.39, 0.29) is 10.6 Å². The van der Waals surface area contributed by atoms with Crippen molar-refractivity contribution in [1.29, 1.82) is 0 Å². The highest BCUT2D eigenvalue weighted by Crippen LogP contribution is 2.14. The lowest BCUT2D eigenvalue weighted by atomic mass is 10.4. The van der Waals surface area contributed by atoms with Gasteiger partial charge in [0.25, 0.3) is 5.56 Å². The summed E-state index contributed by atoms with van der Waals surface area (Å²) >= 11 is 6.00. The number of nitrogens with zero attached hydrogens (tertiary/aromatic N) is 4. The molecule has 0 saturated heterocycles. The van der Waals surface area contributed by atoms with Crippen LogP contribution in [-0.4, -0.2) is 26.1 Å². The van der Waals surface area contributed by atoms with Gasteiger partial charge in [0.05, 0.1) is 25.0 Å². The van der Waals surface area contributed by atoms with Gasteiger partial charge in [0, 0.05) is 18.9 Å². The topological polar surface area (TPSA) is 64.7 Å². The third-order valence-electron chi connectivity index (χ3n) is 2.50. The van der Waals surface area contributed by atoms with E-state index in [1.54, 1.807) is 17.0 Å². The SMILES string of the molecule is C=CCn1ncc(NCCn2cccn2)c(Cl)c1=O. The standard InChI is InChI=1S/C12H14ClN5O/c1-2-6-18-12(19)11(13)10(9-16-18)14-5-8-17-7-3-4-15-17/h2-4,7,9,14H,1,5-6,8H2. The van der Waals surface area contributed by atoms with E-state index in [9.17, 15) is 4.79 Å². The second-order valence-corrected chi connectivity index (χ2v) is 4.22. The fourth-order valence-electron chi connectivity index (χ4n) is 1.58. The van der Waals surface area contributed by atoms with Gasteiger partial charge in [-0.25, -0.2) is 4.68 Å². The second kappa shape index (κ2) is 6.19. The Morgan fingerprint density at radius 3 is 3.00 bits per heavy atom. The lowest BCUT2D eigenvalue weighted by Gasteiger charge is -2.09. The number of nitrogens with one attached hydrogen (secondary N) is 1. The molecule has 0 amide bonds. The zero-order valence-electron chi connectivity index (χ0n) is 10.3.